The van der Waals surface area contributed by atoms with Gasteiger partial charge in [0, 0.05) is 29.3 Å². The van der Waals surface area contributed by atoms with Crippen molar-refractivity contribution >= 4 is 15.9 Å². The third kappa shape index (κ3) is 1.56. The van der Waals surface area contributed by atoms with Crippen LogP contribution in [0.25, 0.3) is 0 Å². The molecule has 0 amide bonds. The Balaban J connectivity index is 3.67. The number of halogens is 1. The second kappa shape index (κ2) is 3.64. The SMILES string of the molecule is Cc1c(Br)c(C)n(C)c(=O)c1CN. The summed E-state index contributed by atoms with van der Waals surface area (Å²) in [6.45, 7) is 4.09. The molecule has 0 fully saturated rings. The van der Waals surface area contributed by atoms with Gasteiger partial charge in [0.25, 0.3) is 5.56 Å². The normalized spacial score (nSPS) is 10.5. The lowest BCUT2D eigenvalue weighted by atomic mass is 10.1. The van der Waals surface area contributed by atoms with Gasteiger partial charge >= 0.3 is 0 Å². The largest absolute Gasteiger partial charge is 0.326 e. The lowest BCUT2D eigenvalue weighted by Crippen LogP contribution is -2.26. The van der Waals surface area contributed by atoms with Crippen molar-refractivity contribution in [2.45, 2.75) is 20.4 Å². The Hall–Kier alpha value is -0.610. The summed E-state index contributed by atoms with van der Waals surface area (Å²) in [7, 11) is 1.75. The van der Waals surface area contributed by atoms with Crippen molar-refractivity contribution in [1.82, 2.24) is 4.57 Å². The number of aromatic nitrogens is 1. The van der Waals surface area contributed by atoms with E-state index < -0.39 is 0 Å². The Kier molecular flexibility index (Phi) is 2.93. The number of hydrogen-bond donors (Lipinski definition) is 1. The Morgan fingerprint density at radius 3 is 2.46 bits per heavy atom. The molecule has 1 aromatic heterocycles. The van der Waals surface area contributed by atoms with E-state index in [0.717, 1.165) is 15.7 Å². The minimum absolute atomic E-state index is 0.000648. The molecule has 0 aromatic carbocycles. The van der Waals surface area contributed by atoms with Crippen molar-refractivity contribution in [1.29, 1.82) is 0 Å². The molecule has 4 heteroatoms. The van der Waals surface area contributed by atoms with Crippen molar-refractivity contribution in [3.8, 4) is 0 Å². The van der Waals surface area contributed by atoms with Crippen LogP contribution in [0, 0.1) is 13.8 Å². The average Bonchev–Trinajstić information content (AvgIpc) is 2.13. The maximum Gasteiger partial charge on any atom is 0.255 e. The zero-order chi connectivity index (χ0) is 10.2. The lowest BCUT2D eigenvalue weighted by molar-refractivity contribution is 0.781. The highest BCUT2D eigenvalue weighted by molar-refractivity contribution is 9.10. The Morgan fingerprint density at radius 1 is 1.46 bits per heavy atom. The van der Waals surface area contributed by atoms with Crippen LogP contribution in [0.5, 0.6) is 0 Å². The van der Waals surface area contributed by atoms with Crippen LogP contribution in [0.3, 0.4) is 0 Å². The molecule has 1 aromatic rings. The molecule has 3 nitrogen and oxygen atoms in total. The van der Waals surface area contributed by atoms with Gasteiger partial charge in [0.05, 0.1) is 0 Å². The van der Waals surface area contributed by atoms with Crippen LogP contribution in [0.4, 0.5) is 0 Å². The van der Waals surface area contributed by atoms with Crippen molar-refractivity contribution < 1.29 is 0 Å². The smallest absolute Gasteiger partial charge is 0.255 e. The minimum atomic E-state index is 0.000648. The maximum atomic E-state index is 11.7. The first-order valence-electron chi connectivity index (χ1n) is 4.05. The van der Waals surface area contributed by atoms with Gasteiger partial charge < -0.3 is 10.3 Å². The van der Waals surface area contributed by atoms with E-state index in [4.69, 9.17) is 5.73 Å². The lowest BCUT2D eigenvalue weighted by Gasteiger charge is -2.12. The predicted octanol–water partition coefficient (Wildman–Crippen LogP) is 1.22. The van der Waals surface area contributed by atoms with Crippen molar-refractivity contribution in [3.63, 3.8) is 0 Å². The molecule has 0 radical (unpaired) electrons. The molecule has 0 atom stereocenters. The highest BCUT2D eigenvalue weighted by Crippen LogP contribution is 2.20. The quantitative estimate of drug-likeness (QED) is 0.808. The maximum absolute atomic E-state index is 11.7. The van der Waals surface area contributed by atoms with E-state index >= 15 is 0 Å². The van der Waals surface area contributed by atoms with Crippen LogP contribution in [-0.2, 0) is 13.6 Å². The molecule has 13 heavy (non-hydrogen) atoms. The highest BCUT2D eigenvalue weighted by atomic mass is 79.9. The van der Waals surface area contributed by atoms with Gasteiger partial charge in [-0.2, -0.15) is 0 Å². The molecule has 0 aliphatic heterocycles. The summed E-state index contributed by atoms with van der Waals surface area (Å²) >= 11 is 3.44. The monoisotopic (exact) mass is 244 g/mol. The summed E-state index contributed by atoms with van der Waals surface area (Å²) in [5.41, 5.74) is 8.06. The van der Waals surface area contributed by atoms with Gasteiger partial charge in [0.1, 0.15) is 0 Å². The van der Waals surface area contributed by atoms with E-state index in [-0.39, 0.29) is 12.1 Å². The van der Waals surface area contributed by atoms with Gasteiger partial charge in [-0.15, -0.1) is 0 Å². The number of nitrogens with zero attached hydrogens (tertiary/aromatic N) is 1. The van der Waals surface area contributed by atoms with E-state index in [0.29, 0.717) is 5.56 Å². The Bertz CT molecular complexity index is 396. The first-order chi connectivity index (χ1) is 6.00. The number of rotatable bonds is 1. The third-order valence-electron chi connectivity index (χ3n) is 2.37. The van der Waals surface area contributed by atoms with Crippen molar-refractivity contribution in [3.05, 3.63) is 31.6 Å². The van der Waals surface area contributed by atoms with E-state index in [9.17, 15) is 4.79 Å². The van der Waals surface area contributed by atoms with Gasteiger partial charge in [-0.1, -0.05) is 0 Å². The fourth-order valence-electron chi connectivity index (χ4n) is 1.31. The van der Waals surface area contributed by atoms with Gasteiger partial charge in [0.2, 0.25) is 0 Å². The Morgan fingerprint density at radius 2 is 2.00 bits per heavy atom. The molecule has 0 aliphatic rings. The summed E-state index contributed by atoms with van der Waals surface area (Å²) in [6.07, 6.45) is 0. The molecule has 2 N–H and O–H groups in total. The summed E-state index contributed by atoms with van der Waals surface area (Å²) in [5.74, 6) is 0. The standard InChI is InChI=1S/C9H13BrN2O/c1-5-7(4-11)9(13)12(3)6(2)8(5)10/h4,11H2,1-3H3. The fraction of sp³-hybridized carbons (Fsp3) is 0.444. The molecule has 0 unspecified atom stereocenters. The summed E-state index contributed by atoms with van der Waals surface area (Å²) < 4.78 is 2.58. The van der Waals surface area contributed by atoms with Crippen molar-refractivity contribution in [2.75, 3.05) is 0 Å². The van der Waals surface area contributed by atoms with Crippen LogP contribution in [-0.4, -0.2) is 4.57 Å². The van der Waals surface area contributed by atoms with Gasteiger partial charge in [-0.25, -0.2) is 0 Å². The van der Waals surface area contributed by atoms with Gasteiger partial charge in [-0.05, 0) is 35.3 Å². The van der Waals surface area contributed by atoms with Gasteiger partial charge in [-0.3, -0.25) is 4.79 Å². The third-order valence-corrected chi connectivity index (χ3v) is 3.54. The van der Waals surface area contributed by atoms with E-state index in [1.165, 1.54) is 0 Å². The number of pyridine rings is 1. The van der Waals surface area contributed by atoms with E-state index in [1.807, 2.05) is 13.8 Å². The molecule has 0 saturated heterocycles. The summed E-state index contributed by atoms with van der Waals surface area (Å²) in [6, 6.07) is 0. The molecular formula is C9H13BrN2O. The molecule has 0 saturated carbocycles. The van der Waals surface area contributed by atoms with Crippen LogP contribution in [0.1, 0.15) is 16.8 Å². The average molecular weight is 245 g/mol. The van der Waals surface area contributed by atoms with Crippen LogP contribution in [0.2, 0.25) is 0 Å². The van der Waals surface area contributed by atoms with Crippen LogP contribution in [0.15, 0.2) is 9.27 Å². The predicted molar refractivity (Wildman–Crippen MR) is 56.7 cm³/mol. The molecule has 1 heterocycles. The van der Waals surface area contributed by atoms with Crippen LogP contribution < -0.4 is 11.3 Å². The summed E-state index contributed by atoms with van der Waals surface area (Å²) in [5, 5.41) is 0. The van der Waals surface area contributed by atoms with E-state index in [2.05, 4.69) is 15.9 Å². The minimum Gasteiger partial charge on any atom is -0.326 e. The molecule has 1 rings (SSSR count). The highest BCUT2D eigenvalue weighted by Gasteiger charge is 2.11. The molecule has 0 aliphatic carbocycles. The molecule has 0 bridgehead atoms. The van der Waals surface area contributed by atoms with E-state index in [1.54, 1.807) is 11.6 Å². The first-order valence-corrected chi connectivity index (χ1v) is 4.84. The van der Waals surface area contributed by atoms with Crippen molar-refractivity contribution in [2.24, 2.45) is 12.8 Å². The van der Waals surface area contributed by atoms with Crippen LogP contribution >= 0.6 is 15.9 Å². The zero-order valence-corrected chi connectivity index (χ0v) is 9.60. The second-order valence-corrected chi connectivity index (χ2v) is 3.86. The Labute approximate surface area is 85.7 Å². The van der Waals surface area contributed by atoms with Gasteiger partial charge in [0.15, 0.2) is 0 Å². The second-order valence-electron chi connectivity index (χ2n) is 3.07. The molecule has 0 spiro atoms. The molecular weight excluding hydrogens is 232 g/mol. The summed E-state index contributed by atoms with van der Waals surface area (Å²) in [4.78, 5) is 11.7. The number of nitrogens with two attached hydrogens (primary N) is 1. The first kappa shape index (κ1) is 10.5. The molecule has 72 valence electrons. The number of hydrogen-bond acceptors (Lipinski definition) is 2. The fourth-order valence-corrected chi connectivity index (χ4v) is 1.81. The zero-order valence-electron chi connectivity index (χ0n) is 8.02. The topological polar surface area (TPSA) is 48.0 Å².